The largest absolute Gasteiger partial charge is 0.406 e. The number of halogens is 4. The van der Waals surface area contributed by atoms with Crippen molar-refractivity contribution in [1.29, 1.82) is 0 Å². The van der Waals surface area contributed by atoms with Gasteiger partial charge in [-0.1, -0.05) is 0 Å². The van der Waals surface area contributed by atoms with Crippen molar-refractivity contribution in [2.24, 2.45) is 0 Å². The molecule has 0 amide bonds. The topological polar surface area (TPSA) is 17.8 Å². The second-order valence-corrected chi connectivity index (χ2v) is 2.90. The number of rotatable bonds is 1. The Hall–Kier alpha value is -0.270. The Kier molecular flexibility index (Phi) is 2.40. The predicted octanol–water partition coefficient (Wildman–Crippen LogP) is 2.05. The van der Waals surface area contributed by atoms with Gasteiger partial charge in [0.2, 0.25) is 0 Å². The van der Waals surface area contributed by atoms with Crippen LogP contribution in [0.15, 0.2) is 12.4 Å². The number of hydrogen-bond donors (Lipinski definition) is 0. The van der Waals surface area contributed by atoms with Gasteiger partial charge >= 0.3 is 6.18 Å². The molecule has 0 saturated carbocycles. The molecule has 0 aliphatic heterocycles. The fourth-order valence-electron chi connectivity index (χ4n) is 0.622. The van der Waals surface area contributed by atoms with E-state index in [0.29, 0.717) is 3.83 Å². The monoisotopic (exact) mass is 276 g/mol. The second kappa shape index (κ2) is 3.00. The van der Waals surface area contributed by atoms with Gasteiger partial charge in [0.25, 0.3) is 0 Å². The quantitative estimate of drug-likeness (QED) is 0.718. The smallest absolute Gasteiger partial charge is 0.317 e. The molecule has 11 heavy (non-hydrogen) atoms. The van der Waals surface area contributed by atoms with Crippen molar-refractivity contribution in [2.45, 2.75) is 12.7 Å². The molecule has 2 nitrogen and oxygen atoms in total. The fraction of sp³-hybridized carbons (Fsp3) is 0.400. The third kappa shape index (κ3) is 2.68. The van der Waals surface area contributed by atoms with Gasteiger partial charge in [0.1, 0.15) is 6.54 Å². The van der Waals surface area contributed by atoms with Crippen LogP contribution in [-0.2, 0) is 6.54 Å². The second-order valence-electron chi connectivity index (χ2n) is 1.94. The van der Waals surface area contributed by atoms with Crippen LogP contribution in [0, 0.1) is 3.83 Å². The van der Waals surface area contributed by atoms with E-state index in [2.05, 4.69) is 4.98 Å². The molecule has 0 spiro atoms. The van der Waals surface area contributed by atoms with Crippen LogP contribution in [-0.4, -0.2) is 15.7 Å². The van der Waals surface area contributed by atoms with Crippen LogP contribution in [0.1, 0.15) is 0 Å². The Morgan fingerprint density at radius 1 is 1.55 bits per heavy atom. The lowest BCUT2D eigenvalue weighted by atomic mass is 10.6. The highest BCUT2D eigenvalue weighted by Crippen LogP contribution is 2.18. The maximum Gasteiger partial charge on any atom is 0.406 e. The van der Waals surface area contributed by atoms with Crippen molar-refractivity contribution in [3.8, 4) is 0 Å². The molecule has 0 radical (unpaired) electrons. The van der Waals surface area contributed by atoms with Gasteiger partial charge < -0.3 is 4.57 Å². The van der Waals surface area contributed by atoms with Gasteiger partial charge in [0.05, 0.1) is 0 Å². The summed E-state index contributed by atoms with van der Waals surface area (Å²) in [4.78, 5) is 3.65. The summed E-state index contributed by atoms with van der Waals surface area (Å²) in [5, 5.41) is 0. The fourth-order valence-corrected chi connectivity index (χ4v) is 1.11. The van der Waals surface area contributed by atoms with Crippen LogP contribution in [0.25, 0.3) is 0 Å². The lowest BCUT2D eigenvalue weighted by Crippen LogP contribution is -2.17. The molecule has 62 valence electrons. The summed E-state index contributed by atoms with van der Waals surface area (Å²) in [6.07, 6.45) is -1.52. The van der Waals surface area contributed by atoms with E-state index >= 15 is 0 Å². The van der Waals surface area contributed by atoms with Crippen molar-refractivity contribution >= 4 is 22.6 Å². The van der Waals surface area contributed by atoms with Gasteiger partial charge in [0.15, 0.2) is 3.83 Å². The summed E-state index contributed by atoms with van der Waals surface area (Å²) in [5.74, 6) is 0. The third-order valence-electron chi connectivity index (χ3n) is 1.01. The van der Waals surface area contributed by atoms with Crippen LogP contribution in [0.2, 0.25) is 0 Å². The molecule has 0 aromatic carbocycles. The number of alkyl halides is 3. The summed E-state index contributed by atoms with van der Waals surface area (Å²) < 4.78 is 36.6. The first-order valence-electron chi connectivity index (χ1n) is 2.72. The SMILES string of the molecule is FC(F)(F)Cn1ccnc1I. The standard InChI is InChI=1S/C5H4F3IN2/c6-5(7,8)3-11-2-1-10-4(11)9/h1-2H,3H2. The molecule has 0 N–H and O–H groups in total. The summed E-state index contributed by atoms with van der Waals surface area (Å²) >= 11 is 1.75. The number of aromatic nitrogens is 2. The van der Waals surface area contributed by atoms with Gasteiger partial charge in [0, 0.05) is 12.4 Å². The van der Waals surface area contributed by atoms with Crippen molar-refractivity contribution in [3.05, 3.63) is 16.2 Å². The van der Waals surface area contributed by atoms with Crippen LogP contribution >= 0.6 is 22.6 Å². The molecular weight excluding hydrogens is 272 g/mol. The van der Waals surface area contributed by atoms with Crippen molar-refractivity contribution < 1.29 is 13.2 Å². The Labute approximate surface area is 74.6 Å². The average molecular weight is 276 g/mol. The minimum Gasteiger partial charge on any atom is -0.317 e. The minimum absolute atomic E-state index is 0.347. The van der Waals surface area contributed by atoms with E-state index in [1.54, 1.807) is 22.6 Å². The first-order valence-corrected chi connectivity index (χ1v) is 3.80. The van der Waals surface area contributed by atoms with Crippen molar-refractivity contribution in [1.82, 2.24) is 9.55 Å². The highest BCUT2D eigenvalue weighted by molar-refractivity contribution is 14.1. The van der Waals surface area contributed by atoms with E-state index in [4.69, 9.17) is 0 Å². The Morgan fingerprint density at radius 3 is 2.55 bits per heavy atom. The van der Waals surface area contributed by atoms with Crippen molar-refractivity contribution in [2.75, 3.05) is 0 Å². The van der Waals surface area contributed by atoms with Crippen LogP contribution < -0.4 is 0 Å². The molecule has 0 saturated heterocycles. The number of nitrogens with zero attached hydrogens (tertiary/aromatic N) is 2. The minimum atomic E-state index is -4.17. The maximum absolute atomic E-state index is 11.7. The van der Waals surface area contributed by atoms with Gasteiger partial charge in [-0.25, -0.2) is 4.98 Å². The Balaban J connectivity index is 2.72. The van der Waals surface area contributed by atoms with Gasteiger partial charge in [-0.05, 0) is 22.6 Å². The first kappa shape index (κ1) is 8.82. The molecule has 0 atom stereocenters. The van der Waals surface area contributed by atoms with E-state index < -0.39 is 12.7 Å². The molecule has 0 bridgehead atoms. The van der Waals surface area contributed by atoms with E-state index in [-0.39, 0.29) is 0 Å². The van der Waals surface area contributed by atoms with Gasteiger partial charge in [-0.2, -0.15) is 13.2 Å². The zero-order chi connectivity index (χ0) is 8.48. The molecule has 1 aromatic rings. The highest BCUT2D eigenvalue weighted by atomic mass is 127. The summed E-state index contributed by atoms with van der Waals surface area (Å²) in [5.41, 5.74) is 0. The molecule has 0 aliphatic carbocycles. The van der Waals surface area contributed by atoms with Crippen LogP contribution in [0.4, 0.5) is 13.2 Å². The molecule has 0 aliphatic rings. The van der Waals surface area contributed by atoms with E-state index in [1.165, 1.54) is 12.4 Å². The Bertz CT molecular complexity index is 242. The molecule has 1 heterocycles. The molecule has 0 fully saturated rings. The van der Waals surface area contributed by atoms with Crippen LogP contribution in [0.5, 0.6) is 0 Å². The first-order chi connectivity index (χ1) is 4.99. The molecule has 1 aromatic heterocycles. The maximum atomic E-state index is 11.7. The molecule has 6 heteroatoms. The highest BCUT2D eigenvalue weighted by Gasteiger charge is 2.28. The zero-order valence-corrected chi connectivity index (χ0v) is 7.43. The molecule has 1 rings (SSSR count). The summed E-state index contributed by atoms with van der Waals surface area (Å²) in [6, 6.07) is 0. The lowest BCUT2D eigenvalue weighted by Gasteiger charge is -2.06. The van der Waals surface area contributed by atoms with E-state index in [9.17, 15) is 13.2 Å². The summed E-state index contributed by atoms with van der Waals surface area (Å²) in [7, 11) is 0. The van der Waals surface area contributed by atoms with Crippen molar-refractivity contribution in [3.63, 3.8) is 0 Å². The summed E-state index contributed by atoms with van der Waals surface area (Å²) in [6.45, 7) is -0.967. The zero-order valence-electron chi connectivity index (χ0n) is 5.27. The Morgan fingerprint density at radius 2 is 2.18 bits per heavy atom. The third-order valence-corrected chi connectivity index (χ3v) is 1.91. The van der Waals surface area contributed by atoms with Crippen LogP contribution in [0.3, 0.4) is 0 Å². The number of hydrogen-bond acceptors (Lipinski definition) is 1. The molecular formula is C5H4F3IN2. The van der Waals surface area contributed by atoms with Gasteiger partial charge in [-0.15, -0.1) is 0 Å². The predicted molar refractivity (Wildman–Crippen MR) is 41.0 cm³/mol. The number of imidazole rings is 1. The van der Waals surface area contributed by atoms with E-state index in [1.807, 2.05) is 0 Å². The van der Waals surface area contributed by atoms with Gasteiger partial charge in [-0.3, -0.25) is 0 Å². The average Bonchev–Trinajstić information content (AvgIpc) is 2.12. The normalized spacial score (nSPS) is 12.0. The van der Waals surface area contributed by atoms with E-state index in [0.717, 1.165) is 4.57 Å². The molecule has 0 unspecified atom stereocenters. The lowest BCUT2D eigenvalue weighted by molar-refractivity contribution is -0.141.